The molecule has 0 aromatic heterocycles. The molecule has 1 heterocycles. The molecule has 0 spiro atoms. The lowest BCUT2D eigenvalue weighted by Gasteiger charge is -2.32. The Morgan fingerprint density at radius 2 is 1.82 bits per heavy atom. The van der Waals surface area contributed by atoms with E-state index in [-0.39, 0.29) is 0 Å². The van der Waals surface area contributed by atoms with Crippen LogP contribution in [0.5, 0.6) is 0 Å². The number of rotatable bonds is 4. The van der Waals surface area contributed by atoms with Crippen LogP contribution >= 0.6 is 11.8 Å². The van der Waals surface area contributed by atoms with Crippen LogP contribution in [-0.2, 0) is 0 Å². The van der Waals surface area contributed by atoms with Gasteiger partial charge in [-0.2, -0.15) is 11.8 Å². The number of nitrogens with one attached hydrogen (secondary N) is 1. The fourth-order valence-corrected chi connectivity index (χ4v) is 4.51. The van der Waals surface area contributed by atoms with Gasteiger partial charge >= 0.3 is 0 Å². The highest BCUT2D eigenvalue weighted by Crippen LogP contribution is 2.30. The minimum absolute atomic E-state index is 0.826. The van der Waals surface area contributed by atoms with Crippen molar-refractivity contribution in [3.8, 4) is 0 Å². The maximum absolute atomic E-state index is 3.83. The SMILES string of the molecule is CC(C)C1CCC(NCC2CCCCS2)CC1. The van der Waals surface area contributed by atoms with Crippen molar-refractivity contribution in [2.24, 2.45) is 11.8 Å². The second-order valence-electron chi connectivity index (χ2n) is 6.25. The molecule has 0 amide bonds. The zero-order chi connectivity index (χ0) is 12.1. The molecule has 2 fully saturated rings. The summed E-state index contributed by atoms with van der Waals surface area (Å²) in [6, 6.07) is 0.826. The van der Waals surface area contributed by atoms with Gasteiger partial charge in [0, 0.05) is 17.8 Å². The summed E-state index contributed by atoms with van der Waals surface area (Å²) < 4.78 is 0. The third kappa shape index (κ3) is 4.48. The second-order valence-corrected chi connectivity index (χ2v) is 7.66. The molecular formula is C15H29NS. The quantitative estimate of drug-likeness (QED) is 0.812. The fourth-order valence-electron chi connectivity index (χ4n) is 3.26. The normalized spacial score (nSPS) is 35.1. The molecule has 1 nitrogen and oxygen atoms in total. The van der Waals surface area contributed by atoms with Gasteiger partial charge < -0.3 is 5.32 Å². The molecule has 1 saturated carbocycles. The zero-order valence-corrected chi connectivity index (χ0v) is 12.4. The van der Waals surface area contributed by atoms with Gasteiger partial charge in [-0.3, -0.25) is 0 Å². The third-order valence-electron chi connectivity index (χ3n) is 4.62. The summed E-state index contributed by atoms with van der Waals surface area (Å²) in [6.45, 7) is 6.04. The Morgan fingerprint density at radius 3 is 2.41 bits per heavy atom. The van der Waals surface area contributed by atoms with Crippen LogP contribution in [-0.4, -0.2) is 23.6 Å². The van der Waals surface area contributed by atoms with Gasteiger partial charge in [-0.05, 0) is 56.1 Å². The maximum Gasteiger partial charge on any atom is 0.0172 e. The molecule has 2 rings (SSSR count). The average molecular weight is 255 g/mol. The molecule has 2 heteroatoms. The lowest BCUT2D eigenvalue weighted by atomic mass is 9.80. The molecule has 0 bridgehead atoms. The fraction of sp³-hybridized carbons (Fsp3) is 1.00. The lowest BCUT2D eigenvalue weighted by molar-refractivity contribution is 0.239. The first-order chi connectivity index (χ1) is 8.25. The first-order valence-corrected chi connectivity index (χ1v) is 8.65. The van der Waals surface area contributed by atoms with Gasteiger partial charge in [-0.1, -0.05) is 20.3 Å². The Hall–Kier alpha value is 0.310. The van der Waals surface area contributed by atoms with Crippen LogP contribution in [0.15, 0.2) is 0 Å². The van der Waals surface area contributed by atoms with Gasteiger partial charge in [0.1, 0.15) is 0 Å². The van der Waals surface area contributed by atoms with Crippen molar-refractivity contribution in [2.75, 3.05) is 12.3 Å². The number of hydrogen-bond donors (Lipinski definition) is 1. The van der Waals surface area contributed by atoms with Crippen LogP contribution < -0.4 is 5.32 Å². The summed E-state index contributed by atoms with van der Waals surface area (Å²) in [7, 11) is 0. The molecule has 1 aliphatic carbocycles. The van der Waals surface area contributed by atoms with Gasteiger partial charge in [0.05, 0.1) is 0 Å². The Bertz CT molecular complexity index is 203. The maximum atomic E-state index is 3.83. The van der Waals surface area contributed by atoms with Crippen LogP contribution in [0.3, 0.4) is 0 Å². The number of hydrogen-bond acceptors (Lipinski definition) is 2. The van der Waals surface area contributed by atoms with Crippen molar-refractivity contribution in [3.63, 3.8) is 0 Å². The van der Waals surface area contributed by atoms with Crippen LogP contribution in [0.2, 0.25) is 0 Å². The van der Waals surface area contributed by atoms with Crippen LogP contribution in [0, 0.1) is 11.8 Å². The van der Waals surface area contributed by atoms with Crippen molar-refractivity contribution in [2.45, 2.75) is 70.1 Å². The van der Waals surface area contributed by atoms with E-state index in [4.69, 9.17) is 0 Å². The standard InChI is InChI=1S/C15H29NS/c1-12(2)13-6-8-14(9-7-13)16-11-15-5-3-4-10-17-15/h12-16H,3-11H2,1-2H3. The summed E-state index contributed by atoms with van der Waals surface area (Å²) in [5.41, 5.74) is 0. The predicted molar refractivity (Wildman–Crippen MR) is 78.7 cm³/mol. The molecule has 0 aromatic rings. The Labute approximate surface area is 112 Å². The van der Waals surface area contributed by atoms with E-state index in [1.807, 2.05) is 0 Å². The second kappa shape index (κ2) is 7.04. The van der Waals surface area contributed by atoms with E-state index in [1.165, 1.54) is 57.2 Å². The summed E-state index contributed by atoms with van der Waals surface area (Å²) >= 11 is 2.19. The molecule has 0 aromatic carbocycles. The van der Waals surface area contributed by atoms with Gasteiger partial charge in [0.15, 0.2) is 0 Å². The molecule has 17 heavy (non-hydrogen) atoms. The smallest absolute Gasteiger partial charge is 0.0172 e. The number of thioether (sulfide) groups is 1. The molecule has 2 aliphatic rings. The van der Waals surface area contributed by atoms with Crippen molar-refractivity contribution in [3.05, 3.63) is 0 Å². The van der Waals surface area contributed by atoms with E-state index in [2.05, 4.69) is 30.9 Å². The molecule has 100 valence electrons. The molecular weight excluding hydrogens is 226 g/mol. The minimum Gasteiger partial charge on any atom is -0.313 e. The summed E-state index contributed by atoms with van der Waals surface area (Å²) in [4.78, 5) is 0. The summed E-state index contributed by atoms with van der Waals surface area (Å²) in [5, 5.41) is 4.74. The predicted octanol–water partition coefficient (Wildman–Crippen LogP) is 4.08. The van der Waals surface area contributed by atoms with Crippen LogP contribution in [0.1, 0.15) is 58.8 Å². The van der Waals surface area contributed by atoms with Crippen molar-refractivity contribution >= 4 is 11.8 Å². The highest BCUT2D eigenvalue weighted by atomic mass is 32.2. The zero-order valence-electron chi connectivity index (χ0n) is 11.6. The van der Waals surface area contributed by atoms with Crippen molar-refractivity contribution in [1.82, 2.24) is 5.32 Å². The molecule has 1 aliphatic heterocycles. The van der Waals surface area contributed by atoms with Crippen LogP contribution in [0.25, 0.3) is 0 Å². The monoisotopic (exact) mass is 255 g/mol. The molecule has 1 saturated heterocycles. The Kier molecular flexibility index (Phi) is 5.68. The van der Waals surface area contributed by atoms with E-state index in [0.717, 1.165) is 23.1 Å². The van der Waals surface area contributed by atoms with E-state index < -0.39 is 0 Å². The minimum atomic E-state index is 0.826. The van der Waals surface area contributed by atoms with E-state index >= 15 is 0 Å². The molecule has 1 unspecified atom stereocenters. The van der Waals surface area contributed by atoms with Gasteiger partial charge in [0.25, 0.3) is 0 Å². The molecule has 1 atom stereocenters. The van der Waals surface area contributed by atoms with Gasteiger partial charge in [0.2, 0.25) is 0 Å². The van der Waals surface area contributed by atoms with Crippen molar-refractivity contribution < 1.29 is 0 Å². The average Bonchev–Trinajstić information content (AvgIpc) is 2.38. The van der Waals surface area contributed by atoms with E-state index in [1.54, 1.807) is 0 Å². The Balaban J connectivity index is 1.61. The van der Waals surface area contributed by atoms with E-state index in [9.17, 15) is 0 Å². The highest BCUT2D eigenvalue weighted by molar-refractivity contribution is 7.99. The van der Waals surface area contributed by atoms with Gasteiger partial charge in [-0.15, -0.1) is 0 Å². The highest BCUT2D eigenvalue weighted by Gasteiger charge is 2.23. The third-order valence-corrected chi connectivity index (χ3v) is 6.02. The first kappa shape index (κ1) is 13.7. The summed E-state index contributed by atoms with van der Waals surface area (Å²) in [5.74, 6) is 3.29. The van der Waals surface area contributed by atoms with Crippen molar-refractivity contribution in [1.29, 1.82) is 0 Å². The van der Waals surface area contributed by atoms with E-state index in [0.29, 0.717) is 0 Å². The topological polar surface area (TPSA) is 12.0 Å². The Morgan fingerprint density at radius 1 is 1.06 bits per heavy atom. The molecule has 1 N–H and O–H groups in total. The first-order valence-electron chi connectivity index (χ1n) is 7.60. The van der Waals surface area contributed by atoms with Gasteiger partial charge in [-0.25, -0.2) is 0 Å². The lowest BCUT2D eigenvalue weighted by Crippen LogP contribution is -2.38. The summed E-state index contributed by atoms with van der Waals surface area (Å²) in [6.07, 6.45) is 10.1. The largest absolute Gasteiger partial charge is 0.313 e. The van der Waals surface area contributed by atoms with Crippen LogP contribution in [0.4, 0.5) is 0 Å². The molecule has 0 radical (unpaired) electrons.